The minimum atomic E-state index is -0.726. The van der Waals surface area contributed by atoms with Gasteiger partial charge in [-0.1, -0.05) is 49.1 Å². The van der Waals surface area contributed by atoms with Crippen LogP contribution >= 0.6 is 0 Å². The molecule has 0 saturated carbocycles. The topological polar surface area (TPSA) is 105 Å². The predicted molar refractivity (Wildman–Crippen MR) is 133 cm³/mol. The van der Waals surface area contributed by atoms with Crippen molar-refractivity contribution in [3.05, 3.63) is 106 Å². The average molecular weight is 459 g/mol. The third kappa shape index (κ3) is 6.80. The normalized spacial score (nSPS) is 11.3. The molecule has 3 aromatic carbocycles. The van der Waals surface area contributed by atoms with Gasteiger partial charge >= 0.3 is 5.97 Å². The van der Waals surface area contributed by atoms with Crippen LogP contribution in [-0.4, -0.2) is 16.5 Å². The molecule has 7 heteroatoms. The average Bonchev–Trinajstić information content (AvgIpc) is 2.77. The quantitative estimate of drug-likeness (QED) is 0.0835. The number of nitro groups is 1. The molecule has 0 aliphatic heterocycles. The van der Waals surface area contributed by atoms with Gasteiger partial charge in [0.1, 0.15) is 17.1 Å². The van der Waals surface area contributed by atoms with Gasteiger partial charge in [0.2, 0.25) is 0 Å². The summed E-state index contributed by atoms with van der Waals surface area (Å²) in [5, 5.41) is 11.0. The highest BCUT2D eigenvalue weighted by atomic mass is 16.6. The van der Waals surface area contributed by atoms with Crippen LogP contribution in [0.15, 0.2) is 85.1 Å². The Morgan fingerprint density at radius 1 is 1.00 bits per heavy atom. The molecule has 3 rings (SSSR count). The highest BCUT2D eigenvalue weighted by Crippen LogP contribution is 2.25. The van der Waals surface area contributed by atoms with Crippen LogP contribution in [0.4, 0.5) is 11.4 Å². The van der Waals surface area contributed by atoms with Crippen LogP contribution in [0.5, 0.6) is 5.75 Å². The molecule has 0 aliphatic carbocycles. The van der Waals surface area contributed by atoms with E-state index in [0.29, 0.717) is 11.5 Å². The van der Waals surface area contributed by atoms with Gasteiger partial charge in [0, 0.05) is 17.8 Å². The van der Waals surface area contributed by atoms with Gasteiger partial charge in [-0.05, 0) is 61.7 Å². The summed E-state index contributed by atoms with van der Waals surface area (Å²) in [6.45, 7) is 9.81. The number of rotatable bonds is 7. The van der Waals surface area contributed by atoms with Crippen molar-refractivity contribution in [1.82, 2.24) is 0 Å². The van der Waals surface area contributed by atoms with E-state index in [9.17, 15) is 14.9 Å². The fraction of sp³-hybridized carbons (Fsp3) is 0.148. The minimum Gasteiger partial charge on any atom is -0.489 e. The minimum absolute atomic E-state index is 0.00926. The zero-order chi connectivity index (χ0) is 24.9. The molecule has 0 spiro atoms. The van der Waals surface area contributed by atoms with Crippen molar-refractivity contribution in [2.75, 3.05) is 5.73 Å². The monoisotopic (exact) mass is 458 g/mol. The Morgan fingerprint density at radius 2 is 1.59 bits per heavy atom. The van der Waals surface area contributed by atoms with Crippen molar-refractivity contribution in [3.8, 4) is 16.9 Å². The Hall–Kier alpha value is -4.39. The van der Waals surface area contributed by atoms with Gasteiger partial charge < -0.3 is 15.2 Å². The number of non-ortho nitro benzene ring substituents is 1. The van der Waals surface area contributed by atoms with E-state index < -0.39 is 10.9 Å². The van der Waals surface area contributed by atoms with E-state index in [0.717, 1.165) is 22.8 Å². The maximum absolute atomic E-state index is 12.4. The van der Waals surface area contributed by atoms with Crippen molar-refractivity contribution in [2.24, 2.45) is 0 Å². The van der Waals surface area contributed by atoms with E-state index in [4.69, 9.17) is 15.2 Å². The first kappa shape index (κ1) is 24.3. The van der Waals surface area contributed by atoms with E-state index >= 15 is 0 Å². The molecular formula is C27H26N2O5. The maximum Gasteiger partial charge on any atom is 0.343 e. The standard InChI is InChI=1S/C27H26N2O5/c1-18(34-27(2,3)4)5-6-19-7-9-20(10-8-19)21-11-13-25(14-12-21)33-26(30)22-15-23(28)17-24(16-22)29(31)32/h5-17H,1,28H2,2-4H3/b6-5+. The summed E-state index contributed by atoms with van der Waals surface area (Å²) in [5.41, 5.74) is 8.15. The number of nitrogen functional groups attached to an aromatic ring is 1. The summed E-state index contributed by atoms with van der Waals surface area (Å²) in [4.78, 5) is 22.8. The molecule has 0 atom stereocenters. The third-order valence-electron chi connectivity index (χ3n) is 4.59. The van der Waals surface area contributed by atoms with Gasteiger partial charge in [0.05, 0.1) is 10.5 Å². The summed E-state index contributed by atoms with van der Waals surface area (Å²) in [6, 6.07) is 18.6. The van der Waals surface area contributed by atoms with Crippen LogP contribution in [0.3, 0.4) is 0 Å². The number of nitro benzene ring substituents is 1. The molecule has 3 aromatic rings. The molecule has 0 unspecified atom stereocenters. The molecule has 0 saturated heterocycles. The number of anilines is 1. The van der Waals surface area contributed by atoms with Crippen LogP contribution < -0.4 is 10.5 Å². The molecule has 34 heavy (non-hydrogen) atoms. The molecule has 7 nitrogen and oxygen atoms in total. The molecular weight excluding hydrogens is 432 g/mol. The lowest BCUT2D eigenvalue weighted by Crippen LogP contribution is -2.17. The van der Waals surface area contributed by atoms with Crippen LogP contribution in [-0.2, 0) is 4.74 Å². The first-order valence-corrected chi connectivity index (χ1v) is 10.5. The van der Waals surface area contributed by atoms with Gasteiger partial charge in [-0.15, -0.1) is 0 Å². The Kier molecular flexibility index (Phi) is 7.16. The van der Waals surface area contributed by atoms with Crippen LogP contribution in [0.2, 0.25) is 0 Å². The van der Waals surface area contributed by atoms with E-state index in [1.54, 1.807) is 12.1 Å². The number of nitrogens with two attached hydrogens (primary N) is 1. The Bertz CT molecular complexity index is 1240. The molecule has 174 valence electrons. The van der Waals surface area contributed by atoms with Crippen molar-refractivity contribution < 1.29 is 19.2 Å². The van der Waals surface area contributed by atoms with Gasteiger partial charge in [0.15, 0.2) is 0 Å². The molecule has 0 aromatic heterocycles. The number of allylic oxidation sites excluding steroid dienone is 1. The number of carbonyl (C=O) groups excluding carboxylic acids is 1. The van der Waals surface area contributed by atoms with Crippen molar-refractivity contribution >= 4 is 23.4 Å². The summed E-state index contributed by atoms with van der Waals surface area (Å²) < 4.78 is 11.0. The molecule has 0 fully saturated rings. The fourth-order valence-electron chi connectivity index (χ4n) is 3.14. The predicted octanol–water partition coefficient (Wildman–Crippen LogP) is 6.41. The number of carbonyl (C=O) groups is 1. The second-order valence-corrected chi connectivity index (χ2v) is 8.62. The largest absolute Gasteiger partial charge is 0.489 e. The van der Waals surface area contributed by atoms with E-state index in [1.165, 1.54) is 12.1 Å². The second kappa shape index (κ2) is 10.0. The number of ether oxygens (including phenoxy) is 2. The second-order valence-electron chi connectivity index (χ2n) is 8.62. The summed E-state index contributed by atoms with van der Waals surface area (Å²) in [5.74, 6) is 0.182. The first-order valence-electron chi connectivity index (χ1n) is 10.5. The number of hydrogen-bond acceptors (Lipinski definition) is 6. The molecule has 0 bridgehead atoms. The van der Waals surface area contributed by atoms with E-state index in [-0.39, 0.29) is 22.5 Å². The highest BCUT2D eigenvalue weighted by Gasteiger charge is 2.15. The number of esters is 1. The smallest absolute Gasteiger partial charge is 0.343 e. The first-order chi connectivity index (χ1) is 16.0. The Balaban J connectivity index is 1.66. The van der Waals surface area contributed by atoms with Crippen LogP contribution in [0.25, 0.3) is 17.2 Å². The van der Waals surface area contributed by atoms with Crippen molar-refractivity contribution in [3.63, 3.8) is 0 Å². The summed E-state index contributed by atoms with van der Waals surface area (Å²) >= 11 is 0. The Morgan fingerprint density at radius 3 is 2.15 bits per heavy atom. The summed E-state index contributed by atoms with van der Waals surface area (Å²) in [6.07, 6.45) is 3.76. The third-order valence-corrected chi connectivity index (χ3v) is 4.59. The fourth-order valence-corrected chi connectivity index (χ4v) is 3.14. The molecule has 0 amide bonds. The summed E-state index contributed by atoms with van der Waals surface area (Å²) in [7, 11) is 0. The van der Waals surface area contributed by atoms with Gasteiger partial charge in [0.25, 0.3) is 5.69 Å². The van der Waals surface area contributed by atoms with Crippen LogP contribution in [0.1, 0.15) is 36.7 Å². The van der Waals surface area contributed by atoms with Gasteiger partial charge in [-0.3, -0.25) is 10.1 Å². The van der Waals surface area contributed by atoms with Crippen molar-refractivity contribution in [2.45, 2.75) is 26.4 Å². The number of nitrogens with zero attached hydrogens (tertiary/aromatic N) is 1. The molecule has 0 radical (unpaired) electrons. The molecule has 0 aliphatic rings. The molecule has 2 N–H and O–H groups in total. The van der Waals surface area contributed by atoms with Crippen LogP contribution in [0, 0.1) is 10.1 Å². The lowest BCUT2D eigenvalue weighted by molar-refractivity contribution is -0.384. The highest BCUT2D eigenvalue weighted by molar-refractivity contribution is 5.93. The number of benzene rings is 3. The molecule has 0 heterocycles. The lowest BCUT2D eigenvalue weighted by Gasteiger charge is -2.21. The Labute approximate surface area is 198 Å². The SMILES string of the molecule is C=C(/C=C/c1ccc(-c2ccc(OC(=O)c3cc(N)cc([N+](=O)[O-])c3)cc2)cc1)OC(C)(C)C. The zero-order valence-electron chi connectivity index (χ0n) is 19.3. The number of hydrogen-bond donors (Lipinski definition) is 1. The van der Waals surface area contributed by atoms with E-state index in [2.05, 4.69) is 6.58 Å². The zero-order valence-corrected chi connectivity index (χ0v) is 19.3. The van der Waals surface area contributed by atoms with Gasteiger partial charge in [-0.2, -0.15) is 0 Å². The van der Waals surface area contributed by atoms with Gasteiger partial charge in [-0.25, -0.2) is 4.79 Å². The van der Waals surface area contributed by atoms with E-state index in [1.807, 2.05) is 69.3 Å². The lowest BCUT2D eigenvalue weighted by atomic mass is 10.0. The maximum atomic E-state index is 12.4. The van der Waals surface area contributed by atoms with Crippen molar-refractivity contribution in [1.29, 1.82) is 0 Å².